The van der Waals surface area contributed by atoms with Crippen LogP contribution in [0.2, 0.25) is 0 Å². The van der Waals surface area contributed by atoms with E-state index in [2.05, 4.69) is 22.5 Å². The van der Waals surface area contributed by atoms with Gasteiger partial charge in [-0.25, -0.2) is 4.68 Å². The molecule has 2 N–H and O–H groups in total. The van der Waals surface area contributed by atoms with Gasteiger partial charge in [0.25, 0.3) is 0 Å². The lowest BCUT2D eigenvalue weighted by atomic mass is 9.89. The van der Waals surface area contributed by atoms with Crippen molar-refractivity contribution in [2.75, 3.05) is 13.1 Å². The fourth-order valence-corrected chi connectivity index (χ4v) is 3.53. The van der Waals surface area contributed by atoms with E-state index in [1.54, 1.807) is 6.07 Å². The third-order valence-electron chi connectivity index (χ3n) is 4.73. The molecule has 0 radical (unpaired) electrons. The van der Waals surface area contributed by atoms with E-state index < -0.39 is 0 Å². The first kappa shape index (κ1) is 15.0. The molecule has 0 spiro atoms. The Morgan fingerprint density at radius 2 is 1.62 bits per heavy atom. The van der Waals surface area contributed by atoms with Crippen LogP contribution >= 0.6 is 0 Å². The number of aromatic nitrogens is 2. The fraction of sp³-hybridized carbons (Fsp3) is 0.250. The number of para-hydroxylation sites is 2. The Morgan fingerprint density at radius 1 is 0.917 bits per heavy atom. The quantitative estimate of drug-likeness (QED) is 0.774. The highest BCUT2D eigenvalue weighted by Gasteiger charge is 2.25. The Balaban J connectivity index is 1.88. The minimum absolute atomic E-state index is 0.306. The molecule has 0 atom stereocenters. The summed E-state index contributed by atoms with van der Waals surface area (Å²) >= 11 is 0. The summed E-state index contributed by atoms with van der Waals surface area (Å²) in [4.78, 5) is 0. The number of nitrogens with zero attached hydrogens (tertiary/aromatic N) is 2. The second-order valence-corrected chi connectivity index (χ2v) is 6.23. The molecule has 1 saturated heterocycles. The monoisotopic (exact) mass is 319 g/mol. The van der Waals surface area contributed by atoms with Gasteiger partial charge in [0.05, 0.1) is 17.6 Å². The van der Waals surface area contributed by atoms with Crippen molar-refractivity contribution in [3.8, 4) is 22.6 Å². The van der Waals surface area contributed by atoms with E-state index in [1.807, 2.05) is 47.3 Å². The van der Waals surface area contributed by atoms with Crippen molar-refractivity contribution in [3.63, 3.8) is 0 Å². The zero-order valence-electron chi connectivity index (χ0n) is 13.5. The van der Waals surface area contributed by atoms with Crippen LogP contribution in [0.4, 0.5) is 0 Å². The van der Waals surface area contributed by atoms with Crippen molar-refractivity contribution in [3.05, 3.63) is 66.5 Å². The second-order valence-electron chi connectivity index (χ2n) is 6.23. The third kappa shape index (κ3) is 2.69. The number of hydrogen-bond donors (Lipinski definition) is 2. The molecule has 0 unspecified atom stereocenters. The molecule has 0 saturated carbocycles. The molecule has 1 aliphatic rings. The highest BCUT2D eigenvalue weighted by molar-refractivity contribution is 5.72. The number of piperidine rings is 1. The molecule has 1 aliphatic heterocycles. The molecule has 1 aromatic heterocycles. The number of phenols is 1. The first-order valence-corrected chi connectivity index (χ1v) is 8.47. The molecule has 2 heterocycles. The summed E-state index contributed by atoms with van der Waals surface area (Å²) in [6, 6.07) is 17.7. The van der Waals surface area contributed by atoms with Gasteiger partial charge < -0.3 is 10.4 Å². The molecular weight excluding hydrogens is 298 g/mol. The SMILES string of the molecule is Oc1ccccc1-c1cnn(-c2ccccc2)c1C1CCNCC1. The van der Waals surface area contributed by atoms with Gasteiger partial charge in [0.2, 0.25) is 0 Å². The van der Waals surface area contributed by atoms with Crippen molar-refractivity contribution in [1.82, 2.24) is 15.1 Å². The predicted octanol–water partition coefficient (Wildman–Crippen LogP) is 3.71. The Kier molecular flexibility index (Phi) is 4.05. The van der Waals surface area contributed by atoms with E-state index in [0.717, 1.165) is 42.7 Å². The predicted molar refractivity (Wildman–Crippen MR) is 95.5 cm³/mol. The summed E-state index contributed by atoms with van der Waals surface area (Å²) in [5, 5.41) is 18.4. The number of nitrogens with one attached hydrogen (secondary N) is 1. The maximum Gasteiger partial charge on any atom is 0.123 e. The van der Waals surface area contributed by atoms with Crippen molar-refractivity contribution in [1.29, 1.82) is 0 Å². The van der Waals surface area contributed by atoms with Crippen molar-refractivity contribution < 1.29 is 5.11 Å². The first-order chi connectivity index (χ1) is 11.8. The van der Waals surface area contributed by atoms with Crippen molar-refractivity contribution in [2.45, 2.75) is 18.8 Å². The van der Waals surface area contributed by atoms with E-state index in [0.29, 0.717) is 11.7 Å². The van der Waals surface area contributed by atoms with Gasteiger partial charge >= 0.3 is 0 Å². The maximum atomic E-state index is 10.3. The zero-order chi connectivity index (χ0) is 16.4. The van der Waals surface area contributed by atoms with Crippen LogP contribution in [0.25, 0.3) is 16.8 Å². The molecule has 0 bridgehead atoms. The Hall–Kier alpha value is -2.59. The molecule has 4 nitrogen and oxygen atoms in total. The molecule has 0 amide bonds. The van der Waals surface area contributed by atoms with Crippen LogP contribution in [0.15, 0.2) is 60.8 Å². The van der Waals surface area contributed by atoms with Gasteiger partial charge in [-0.1, -0.05) is 36.4 Å². The summed E-state index contributed by atoms with van der Waals surface area (Å²) in [5.41, 5.74) is 4.15. The van der Waals surface area contributed by atoms with Gasteiger partial charge in [-0.3, -0.25) is 0 Å². The van der Waals surface area contributed by atoms with Crippen LogP contribution in [0.5, 0.6) is 5.75 Å². The van der Waals surface area contributed by atoms with Gasteiger partial charge in [0.1, 0.15) is 5.75 Å². The number of rotatable bonds is 3. The van der Waals surface area contributed by atoms with Gasteiger partial charge in [-0.05, 0) is 44.1 Å². The summed E-state index contributed by atoms with van der Waals surface area (Å²) in [5.74, 6) is 0.740. The number of benzene rings is 2. The lowest BCUT2D eigenvalue weighted by Gasteiger charge is -2.25. The van der Waals surface area contributed by atoms with Crippen LogP contribution in [-0.2, 0) is 0 Å². The lowest BCUT2D eigenvalue weighted by molar-refractivity contribution is 0.446. The number of hydrogen-bond acceptors (Lipinski definition) is 3. The second kappa shape index (κ2) is 6.49. The van der Waals surface area contributed by atoms with Crippen LogP contribution in [0, 0.1) is 0 Å². The van der Waals surface area contributed by atoms with Crippen molar-refractivity contribution in [2.24, 2.45) is 0 Å². The van der Waals surface area contributed by atoms with E-state index in [9.17, 15) is 5.11 Å². The van der Waals surface area contributed by atoms with Gasteiger partial charge in [0, 0.05) is 17.0 Å². The average molecular weight is 319 g/mol. The Labute approximate surface area is 141 Å². The largest absolute Gasteiger partial charge is 0.507 e. The van der Waals surface area contributed by atoms with Crippen LogP contribution in [-0.4, -0.2) is 28.0 Å². The van der Waals surface area contributed by atoms with Crippen LogP contribution in [0.3, 0.4) is 0 Å². The normalized spacial score (nSPS) is 15.5. The standard InChI is InChI=1S/C20H21N3O/c24-19-9-5-4-8-17(19)18-14-22-23(16-6-2-1-3-7-16)20(18)15-10-12-21-13-11-15/h1-9,14-15,21,24H,10-13H2. The summed E-state index contributed by atoms with van der Waals surface area (Å²) < 4.78 is 2.04. The maximum absolute atomic E-state index is 10.3. The summed E-state index contributed by atoms with van der Waals surface area (Å²) in [6.07, 6.45) is 4.05. The van der Waals surface area contributed by atoms with Gasteiger partial charge in [-0.15, -0.1) is 0 Å². The van der Waals surface area contributed by atoms with Gasteiger partial charge in [-0.2, -0.15) is 5.10 Å². The van der Waals surface area contributed by atoms with Crippen molar-refractivity contribution >= 4 is 0 Å². The van der Waals surface area contributed by atoms with Gasteiger partial charge in [0.15, 0.2) is 0 Å². The molecule has 4 rings (SSSR count). The topological polar surface area (TPSA) is 50.1 Å². The highest BCUT2D eigenvalue weighted by Crippen LogP contribution is 2.38. The summed E-state index contributed by atoms with van der Waals surface area (Å²) in [7, 11) is 0. The highest BCUT2D eigenvalue weighted by atomic mass is 16.3. The molecule has 122 valence electrons. The fourth-order valence-electron chi connectivity index (χ4n) is 3.53. The molecular formula is C20H21N3O. The van der Waals surface area contributed by atoms with E-state index in [-0.39, 0.29) is 0 Å². The Bertz CT molecular complexity index is 820. The van der Waals surface area contributed by atoms with E-state index in [4.69, 9.17) is 0 Å². The van der Waals surface area contributed by atoms with Crippen LogP contribution in [0.1, 0.15) is 24.5 Å². The Morgan fingerprint density at radius 3 is 2.38 bits per heavy atom. The molecule has 2 aromatic carbocycles. The minimum atomic E-state index is 0.306. The van der Waals surface area contributed by atoms with E-state index >= 15 is 0 Å². The third-order valence-corrected chi connectivity index (χ3v) is 4.73. The van der Waals surface area contributed by atoms with E-state index in [1.165, 1.54) is 5.69 Å². The lowest BCUT2D eigenvalue weighted by Crippen LogP contribution is -2.28. The number of phenolic OH excluding ortho intramolecular Hbond substituents is 1. The molecule has 4 heteroatoms. The minimum Gasteiger partial charge on any atom is -0.507 e. The summed E-state index contributed by atoms with van der Waals surface area (Å²) in [6.45, 7) is 2.04. The molecule has 0 aliphatic carbocycles. The smallest absolute Gasteiger partial charge is 0.123 e. The molecule has 24 heavy (non-hydrogen) atoms. The first-order valence-electron chi connectivity index (χ1n) is 8.47. The average Bonchev–Trinajstić information content (AvgIpc) is 3.08. The molecule has 3 aromatic rings. The zero-order valence-corrected chi connectivity index (χ0v) is 13.5. The number of aromatic hydroxyl groups is 1. The molecule has 1 fully saturated rings. The van der Waals surface area contributed by atoms with Crippen LogP contribution < -0.4 is 5.32 Å².